The van der Waals surface area contributed by atoms with E-state index in [1.807, 2.05) is 35.2 Å². The van der Waals surface area contributed by atoms with E-state index < -0.39 is 11.3 Å². The summed E-state index contributed by atoms with van der Waals surface area (Å²) in [5.41, 5.74) is 0.944. The summed E-state index contributed by atoms with van der Waals surface area (Å²) in [7, 11) is 1.57. The van der Waals surface area contributed by atoms with E-state index >= 15 is 0 Å². The van der Waals surface area contributed by atoms with E-state index in [9.17, 15) is 19.2 Å². The number of imide groups is 1. The first-order valence-electron chi connectivity index (χ1n) is 12.3. The average Bonchev–Trinajstić information content (AvgIpc) is 3.28. The number of fused-ring (bicyclic) bond motifs is 1. The molecule has 2 aromatic carbocycles. The van der Waals surface area contributed by atoms with Gasteiger partial charge in [-0.3, -0.25) is 24.1 Å². The largest absolute Gasteiger partial charge is 0.359 e. The molecule has 0 aliphatic carbocycles. The van der Waals surface area contributed by atoms with Crippen LogP contribution in [0, 0.1) is 17.3 Å². The Bertz CT molecular complexity index is 1100. The molecule has 1 saturated heterocycles. The van der Waals surface area contributed by atoms with Gasteiger partial charge in [0.2, 0.25) is 11.8 Å². The highest BCUT2D eigenvalue weighted by molar-refractivity contribution is 6.21. The van der Waals surface area contributed by atoms with Gasteiger partial charge in [0.25, 0.3) is 11.8 Å². The maximum atomic E-state index is 13.9. The van der Waals surface area contributed by atoms with E-state index in [2.05, 4.69) is 19.2 Å². The van der Waals surface area contributed by atoms with Gasteiger partial charge in [0.05, 0.1) is 22.5 Å². The van der Waals surface area contributed by atoms with Gasteiger partial charge in [0.1, 0.15) is 0 Å². The van der Waals surface area contributed by atoms with Crippen molar-refractivity contribution in [3.05, 3.63) is 71.3 Å². The molecule has 4 rings (SSSR count). The predicted octanol–water partition coefficient (Wildman–Crippen LogP) is 3.50. The van der Waals surface area contributed by atoms with Crippen LogP contribution in [-0.4, -0.2) is 53.6 Å². The molecule has 7 heteroatoms. The Morgan fingerprint density at radius 3 is 2.14 bits per heavy atom. The molecule has 0 radical (unpaired) electrons. The van der Waals surface area contributed by atoms with Crippen LogP contribution < -0.4 is 5.32 Å². The number of amides is 4. The molecule has 7 nitrogen and oxygen atoms in total. The highest BCUT2D eigenvalue weighted by Crippen LogP contribution is 2.46. The summed E-state index contributed by atoms with van der Waals surface area (Å²) in [4.78, 5) is 56.0. The number of carbonyl (C=O) groups is 4. The number of hydrogen-bond donors (Lipinski definition) is 1. The summed E-state index contributed by atoms with van der Waals surface area (Å²) >= 11 is 0. The van der Waals surface area contributed by atoms with Crippen molar-refractivity contribution in [1.29, 1.82) is 0 Å². The summed E-state index contributed by atoms with van der Waals surface area (Å²) in [5.74, 6) is -1.39. The van der Waals surface area contributed by atoms with E-state index in [1.54, 1.807) is 31.3 Å². The van der Waals surface area contributed by atoms with E-state index in [0.29, 0.717) is 37.1 Å². The highest BCUT2D eigenvalue weighted by atomic mass is 16.2. The molecule has 0 spiro atoms. The minimum absolute atomic E-state index is 0.0222. The first-order valence-corrected chi connectivity index (χ1v) is 12.3. The van der Waals surface area contributed by atoms with Crippen molar-refractivity contribution < 1.29 is 19.2 Å². The van der Waals surface area contributed by atoms with Crippen LogP contribution in [0.5, 0.6) is 0 Å². The van der Waals surface area contributed by atoms with Crippen molar-refractivity contribution >= 4 is 23.6 Å². The first kappa shape index (κ1) is 24.6. The molecule has 0 unspecified atom stereocenters. The van der Waals surface area contributed by atoms with Gasteiger partial charge >= 0.3 is 0 Å². The van der Waals surface area contributed by atoms with E-state index in [0.717, 1.165) is 5.56 Å². The number of rotatable bonds is 9. The fourth-order valence-corrected chi connectivity index (χ4v) is 5.73. The number of nitrogens with one attached hydrogen (secondary N) is 1. The number of benzene rings is 2. The lowest BCUT2D eigenvalue weighted by molar-refractivity contribution is -0.146. The number of carbonyl (C=O) groups excluding carboxylic acids is 4. The maximum absolute atomic E-state index is 13.9. The maximum Gasteiger partial charge on any atom is 0.261 e. The highest BCUT2D eigenvalue weighted by Gasteiger charge is 2.54. The Morgan fingerprint density at radius 2 is 1.57 bits per heavy atom. The van der Waals surface area contributed by atoms with Crippen LogP contribution in [0.1, 0.15) is 59.4 Å². The molecule has 35 heavy (non-hydrogen) atoms. The van der Waals surface area contributed by atoms with Gasteiger partial charge in [-0.1, -0.05) is 56.3 Å². The number of hydrogen-bond acceptors (Lipinski definition) is 4. The third-order valence-corrected chi connectivity index (χ3v) is 7.28. The lowest BCUT2D eigenvalue weighted by Crippen LogP contribution is -2.48. The van der Waals surface area contributed by atoms with Crippen LogP contribution in [0.3, 0.4) is 0 Å². The zero-order valence-electron chi connectivity index (χ0n) is 20.6. The van der Waals surface area contributed by atoms with Gasteiger partial charge in [-0.2, -0.15) is 0 Å². The van der Waals surface area contributed by atoms with Crippen LogP contribution in [0.2, 0.25) is 0 Å². The molecular weight excluding hydrogens is 442 g/mol. The SMILES string of the molecule is CNC(=O)[C@H](CCN1C(=O)c2ccccc2C1=O)[C@]1(CC(C)C)CCN(Cc2ccccc2)C1=O. The molecule has 1 fully saturated rings. The second kappa shape index (κ2) is 10.0. The molecule has 0 saturated carbocycles. The number of likely N-dealkylation sites (tertiary alicyclic amines) is 1. The summed E-state index contributed by atoms with van der Waals surface area (Å²) in [6.45, 7) is 5.27. The molecule has 2 aromatic rings. The second-order valence-corrected chi connectivity index (χ2v) is 9.98. The zero-order valence-corrected chi connectivity index (χ0v) is 20.6. The molecule has 0 bridgehead atoms. The Hall–Kier alpha value is -3.48. The number of nitrogens with zero attached hydrogens (tertiary/aromatic N) is 2. The Labute approximate surface area is 206 Å². The minimum atomic E-state index is -0.873. The van der Waals surface area contributed by atoms with Gasteiger partial charge in [0.15, 0.2) is 0 Å². The molecule has 2 aliphatic rings. The normalized spacial score (nSPS) is 20.5. The van der Waals surface area contributed by atoms with Crippen LogP contribution >= 0.6 is 0 Å². The molecule has 2 atom stereocenters. The van der Waals surface area contributed by atoms with Crippen molar-refractivity contribution in [2.45, 2.75) is 39.7 Å². The predicted molar refractivity (Wildman–Crippen MR) is 132 cm³/mol. The van der Waals surface area contributed by atoms with E-state index in [-0.39, 0.29) is 42.5 Å². The molecule has 0 aromatic heterocycles. The lowest BCUT2D eigenvalue weighted by Gasteiger charge is -2.37. The average molecular weight is 476 g/mol. The fraction of sp³-hybridized carbons (Fsp3) is 0.429. The molecular formula is C28H33N3O4. The topological polar surface area (TPSA) is 86.8 Å². The summed E-state index contributed by atoms with van der Waals surface area (Å²) in [6.07, 6.45) is 1.37. The molecule has 4 amide bonds. The Kier molecular flexibility index (Phi) is 7.05. The van der Waals surface area contributed by atoms with Crippen molar-refractivity contribution in [3.8, 4) is 0 Å². The summed E-state index contributed by atoms with van der Waals surface area (Å²) in [5, 5.41) is 2.74. The monoisotopic (exact) mass is 475 g/mol. The van der Waals surface area contributed by atoms with Crippen LogP contribution in [0.15, 0.2) is 54.6 Å². The van der Waals surface area contributed by atoms with Crippen molar-refractivity contribution in [2.24, 2.45) is 17.3 Å². The third-order valence-electron chi connectivity index (χ3n) is 7.28. The van der Waals surface area contributed by atoms with Crippen molar-refractivity contribution in [2.75, 3.05) is 20.1 Å². The van der Waals surface area contributed by atoms with Crippen LogP contribution in [0.25, 0.3) is 0 Å². The molecule has 2 heterocycles. The standard InChI is InChI=1S/C28H33N3O4/c1-19(2)17-28(14-16-30(27(28)35)18-20-9-5-4-6-10-20)23(24(32)29-3)13-15-31-25(33)21-11-7-8-12-22(21)26(31)34/h4-12,19,23H,13-18H2,1-3H3,(H,29,32)/t23-,28+/m0/s1. The van der Waals surface area contributed by atoms with Gasteiger partial charge in [-0.05, 0) is 42.9 Å². The van der Waals surface area contributed by atoms with Gasteiger partial charge in [-0.25, -0.2) is 0 Å². The second-order valence-electron chi connectivity index (χ2n) is 9.98. The van der Waals surface area contributed by atoms with Crippen LogP contribution in [0.4, 0.5) is 0 Å². The lowest BCUT2D eigenvalue weighted by atomic mass is 9.67. The van der Waals surface area contributed by atoms with E-state index in [4.69, 9.17) is 0 Å². The minimum Gasteiger partial charge on any atom is -0.359 e. The summed E-state index contributed by atoms with van der Waals surface area (Å²) in [6, 6.07) is 16.6. The van der Waals surface area contributed by atoms with Crippen LogP contribution in [-0.2, 0) is 16.1 Å². The smallest absolute Gasteiger partial charge is 0.261 e. The fourth-order valence-electron chi connectivity index (χ4n) is 5.73. The molecule has 184 valence electrons. The van der Waals surface area contributed by atoms with Crippen molar-refractivity contribution in [1.82, 2.24) is 15.1 Å². The van der Waals surface area contributed by atoms with Crippen molar-refractivity contribution in [3.63, 3.8) is 0 Å². The quantitative estimate of drug-likeness (QED) is 0.563. The third kappa shape index (κ3) is 4.59. The zero-order chi connectivity index (χ0) is 25.2. The Morgan fingerprint density at radius 1 is 0.971 bits per heavy atom. The summed E-state index contributed by atoms with van der Waals surface area (Å²) < 4.78 is 0. The van der Waals surface area contributed by atoms with Gasteiger partial charge in [-0.15, -0.1) is 0 Å². The molecule has 1 N–H and O–H groups in total. The van der Waals surface area contributed by atoms with Gasteiger partial charge < -0.3 is 10.2 Å². The van der Waals surface area contributed by atoms with Gasteiger partial charge in [0, 0.05) is 26.7 Å². The first-order chi connectivity index (χ1) is 16.8. The Balaban J connectivity index is 1.59. The van der Waals surface area contributed by atoms with E-state index in [1.165, 1.54) is 4.90 Å². The molecule has 2 aliphatic heterocycles.